The molecule has 0 spiro atoms. The van der Waals surface area contributed by atoms with Crippen LogP contribution in [0.5, 0.6) is 11.5 Å². The first-order valence-electron chi connectivity index (χ1n) is 9.25. The van der Waals surface area contributed by atoms with E-state index in [0.29, 0.717) is 6.61 Å². The summed E-state index contributed by atoms with van der Waals surface area (Å²) in [5.74, 6) is 7.49. The normalized spacial score (nSPS) is 10.4. The van der Waals surface area contributed by atoms with Crippen LogP contribution >= 0.6 is 0 Å². The lowest BCUT2D eigenvalue weighted by Gasteiger charge is -2.07. The van der Waals surface area contributed by atoms with Gasteiger partial charge in [0.1, 0.15) is 11.5 Å². The first-order valence-corrected chi connectivity index (χ1v) is 9.25. The summed E-state index contributed by atoms with van der Waals surface area (Å²) in [6.45, 7) is 2.78. The summed E-state index contributed by atoms with van der Waals surface area (Å²) in [5.41, 5.74) is 2.66. The van der Waals surface area contributed by atoms with Crippen LogP contribution in [0.1, 0.15) is 36.0 Å². The Kier molecular flexibility index (Phi) is 6.35. The molecule has 0 atom stereocenters. The molecule has 3 aromatic carbocycles. The van der Waals surface area contributed by atoms with Crippen molar-refractivity contribution in [3.8, 4) is 23.3 Å². The maximum Gasteiger partial charge on any atom is 0.119 e. The number of aliphatic hydroxyl groups excluding tert-OH is 1. The summed E-state index contributed by atoms with van der Waals surface area (Å²) < 4.78 is 5.79. The molecule has 0 unspecified atom stereocenters. The Morgan fingerprint density at radius 2 is 1.52 bits per heavy atom. The van der Waals surface area contributed by atoms with E-state index < -0.39 is 0 Å². The van der Waals surface area contributed by atoms with Crippen LogP contribution in [0.2, 0.25) is 0 Å². The Morgan fingerprint density at radius 1 is 0.815 bits per heavy atom. The van der Waals surface area contributed by atoms with Gasteiger partial charge in [-0.15, -0.1) is 0 Å². The number of aliphatic hydroxyl groups is 1. The molecule has 0 saturated carbocycles. The van der Waals surface area contributed by atoms with Gasteiger partial charge in [-0.2, -0.15) is 0 Å². The van der Waals surface area contributed by atoms with Crippen LogP contribution in [0.3, 0.4) is 0 Å². The van der Waals surface area contributed by atoms with Gasteiger partial charge in [0.2, 0.25) is 0 Å². The molecular weight excluding hydrogens is 336 g/mol. The Hall–Kier alpha value is -2.96. The fourth-order valence-corrected chi connectivity index (χ4v) is 2.85. The number of hydrogen-bond acceptors (Lipinski definition) is 3. The maximum absolute atomic E-state index is 9.59. The number of phenolic OH excluding ortho intramolecular Hbond substituents is 1. The zero-order chi connectivity index (χ0) is 19.1. The highest BCUT2D eigenvalue weighted by molar-refractivity contribution is 5.85. The lowest BCUT2D eigenvalue weighted by molar-refractivity contribution is 0.266. The third kappa shape index (κ3) is 5.26. The minimum Gasteiger partial charge on any atom is -0.508 e. The van der Waals surface area contributed by atoms with Crippen molar-refractivity contribution in [2.75, 3.05) is 13.2 Å². The molecule has 0 aliphatic rings. The van der Waals surface area contributed by atoms with Crippen LogP contribution in [0.4, 0.5) is 0 Å². The Bertz CT molecular complexity index is 980. The van der Waals surface area contributed by atoms with Crippen LogP contribution in [0.25, 0.3) is 10.8 Å². The van der Waals surface area contributed by atoms with Gasteiger partial charge in [-0.05, 0) is 85.0 Å². The minimum absolute atomic E-state index is 0.244. The second kappa shape index (κ2) is 9.12. The average Bonchev–Trinajstić information content (AvgIpc) is 2.68. The van der Waals surface area contributed by atoms with E-state index in [0.717, 1.165) is 52.5 Å². The number of phenols is 1. The number of fused-ring (bicyclic) bond motifs is 1. The van der Waals surface area contributed by atoms with Gasteiger partial charge in [-0.1, -0.05) is 24.0 Å². The molecule has 3 rings (SSSR count). The molecule has 3 heteroatoms. The average molecular weight is 360 g/mol. The van der Waals surface area contributed by atoms with E-state index in [1.165, 1.54) is 0 Å². The van der Waals surface area contributed by atoms with Crippen LogP contribution in [-0.2, 0) is 0 Å². The van der Waals surface area contributed by atoms with Crippen molar-refractivity contribution < 1.29 is 14.9 Å². The Balaban J connectivity index is 1.70. The van der Waals surface area contributed by atoms with Gasteiger partial charge >= 0.3 is 0 Å². The molecule has 27 heavy (non-hydrogen) atoms. The van der Waals surface area contributed by atoms with Crippen LogP contribution in [-0.4, -0.2) is 23.4 Å². The van der Waals surface area contributed by atoms with Crippen molar-refractivity contribution in [2.24, 2.45) is 0 Å². The second-order valence-corrected chi connectivity index (χ2v) is 6.61. The zero-order valence-corrected chi connectivity index (χ0v) is 15.5. The monoisotopic (exact) mass is 360 g/mol. The van der Waals surface area contributed by atoms with Gasteiger partial charge in [0, 0.05) is 17.7 Å². The standard InChI is InChI=1S/C24H24O3/c1-18-15-19(8-12-24(18)26)5-6-20-7-9-22-17-23(11-10-21(22)16-20)27-14-4-2-3-13-25/h7-12,15-17,25-26H,2-4,13-14H2,1H3. The largest absolute Gasteiger partial charge is 0.508 e. The molecule has 0 aromatic heterocycles. The highest BCUT2D eigenvalue weighted by Gasteiger charge is 2.00. The molecule has 2 N–H and O–H groups in total. The van der Waals surface area contributed by atoms with Crippen LogP contribution in [0, 0.1) is 18.8 Å². The fraction of sp³-hybridized carbons (Fsp3) is 0.250. The van der Waals surface area contributed by atoms with E-state index in [-0.39, 0.29) is 12.4 Å². The van der Waals surface area contributed by atoms with E-state index in [1.54, 1.807) is 6.07 Å². The quantitative estimate of drug-likeness (QED) is 0.491. The molecule has 0 aliphatic carbocycles. The summed E-state index contributed by atoms with van der Waals surface area (Å²) in [4.78, 5) is 0. The van der Waals surface area contributed by atoms with Crippen molar-refractivity contribution >= 4 is 10.8 Å². The SMILES string of the molecule is Cc1cc(C#Cc2ccc3cc(OCCCCCO)ccc3c2)ccc1O. The molecule has 0 fully saturated rings. The zero-order valence-electron chi connectivity index (χ0n) is 15.5. The summed E-state index contributed by atoms with van der Waals surface area (Å²) in [7, 11) is 0. The third-order valence-electron chi connectivity index (χ3n) is 4.43. The van der Waals surface area contributed by atoms with Crippen molar-refractivity contribution in [1.82, 2.24) is 0 Å². The summed E-state index contributed by atoms with van der Waals surface area (Å²) in [5, 5.41) is 20.6. The van der Waals surface area contributed by atoms with Crippen molar-refractivity contribution in [2.45, 2.75) is 26.2 Å². The van der Waals surface area contributed by atoms with E-state index in [9.17, 15) is 5.11 Å². The van der Waals surface area contributed by atoms with Gasteiger partial charge in [0.15, 0.2) is 0 Å². The summed E-state index contributed by atoms with van der Waals surface area (Å²) in [6.07, 6.45) is 2.76. The predicted molar refractivity (Wildman–Crippen MR) is 109 cm³/mol. The van der Waals surface area contributed by atoms with E-state index >= 15 is 0 Å². The topological polar surface area (TPSA) is 49.7 Å². The van der Waals surface area contributed by atoms with Gasteiger partial charge in [0.05, 0.1) is 6.61 Å². The minimum atomic E-state index is 0.244. The smallest absolute Gasteiger partial charge is 0.119 e. The molecular formula is C24H24O3. The van der Waals surface area contributed by atoms with Crippen molar-refractivity contribution in [3.05, 3.63) is 71.3 Å². The van der Waals surface area contributed by atoms with Crippen molar-refractivity contribution in [1.29, 1.82) is 0 Å². The summed E-state index contributed by atoms with van der Waals surface area (Å²) in [6, 6.07) is 17.6. The summed E-state index contributed by atoms with van der Waals surface area (Å²) >= 11 is 0. The number of ether oxygens (including phenoxy) is 1. The lowest BCUT2D eigenvalue weighted by Crippen LogP contribution is -1.97. The number of rotatable bonds is 6. The fourth-order valence-electron chi connectivity index (χ4n) is 2.85. The molecule has 0 aliphatic heterocycles. The highest BCUT2D eigenvalue weighted by atomic mass is 16.5. The predicted octanol–water partition coefficient (Wildman–Crippen LogP) is 4.80. The van der Waals surface area contributed by atoms with E-state index in [1.807, 2.05) is 43.3 Å². The number of benzene rings is 3. The molecule has 0 bridgehead atoms. The third-order valence-corrected chi connectivity index (χ3v) is 4.43. The van der Waals surface area contributed by atoms with E-state index in [4.69, 9.17) is 9.84 Å². The number of aryl methyl sites for hydroxylation is 1. The Morgan fingerprint density at radius 3 is 2.30 bits per heavy atom. The molecule has 3 nitrogen and oxygen atoms in total. The van der Waals surface area contributed by atoms with Gasteiger partial charge < -0.3 is 14.9 Å². The van der Waals surface area contributed by atoms with Crippen LogP contribution < -0.4 is 4.74 Å². The molecule has 0 amide bonds. The molecule has 3 aromatic rings. The van der Waals surface area contributed by atoms with Crippen molar-refractivity contribution in [3.63, 3.8) is 0 Å². The second-order valence-electron chi connectivity index (χ2n) is 6.61. The van der Waals surface area contributed by atoms with Gasteiger partial charge in [0.25, 0.3) is 0 Å². The van der Waals surface area contributed by atoms with Gasteiger partial charge in [-0.25, -0.2) is 0 Å². The lowest BCUT2D eigenvalue weighted by atomic mass is 10.1. The number of unbranched alkanes of at least 4 members (excludes halogenated alkanes) is 2. The number of hydrogen-bond donors (Lipinski definition) is 2. The Labute approximate surface area is 160 Å². The van der Waals surface area contributed by atoms with Crippen LogP contribution in [0.15, 0.2) is 54.6 Å². The molecule has 0 saturated heterocycles. The maximum atomic E-state index is 9.59. The molecule has 0 heterocycles. The molecule has 0 radical (unpaired) electrons. The number of aromatic hydroxyl groups is 1. The highest BCUT2D eigenvalue weighted by Crippen LogP contribution is 2.22. The molecule has 138 valence electrons. The first kappa shape index (κ1) is 18.8. The van der Waals surface area contributed by atoms with E-state index in [2.05, 4.69) is 24.0 Å². The van der Waals surface area contributed by atoms with Gasteiger partial charge in [-0.3, -0.25) is 0 Å². The first-order chi connectivity index (χ1) is 13.2.